The molecule has 4 bridgehead atoms. The van der Waals surface area contributed by atoms with E-state index in [9.17, 15) is 9.59 Å². The Morgan fingerprint density at radius 2 is 1.62 bits per heavy atom. The van der Waals surface area contributed by atoms with Gasteiger partial charge in [-0.2, -0.15) is 0 Å². The summed E-state index contributed by atoms with van der Waals surface area (Å²) in [5.41, 5.74) is 3.16. The largest absolute Gasteiger partial charge is 0.349 e. The molecule has 1 aromatic carbocycles. The van der Waals surface area contributed by atoms with Gasteiger partial charge >= 0.3 is 0 Å². The van der Waals surface area contributed by atoms with Gasteiger partial charge in [-0.3, -0.25) is 14.6 Å². The first-order chi connectivity index (χ1) is 16.4. The second-order valence-corrected chi connectivity index (χ2v) is 11.5. The smallest absolute Gasteiger partial charge is 0.251 e. The maximum Gasteiger partial charge on any atom is 0.251 e. The van der Waals surface area contributed by atoms with Crippen LogP contribution < -0.4 is 10.6 Å². The molecule has 34 heavy (non-hydrogen) atoms. The van der Waals surface area contributed by atoms with E-state index in [-0.39, 0.29) is 17.7 Å². The van der Waals surface area contributed by atoms with Crippen LogP contribution in [0.5, 0.6) is 0 Å². The minimum Gasteiger partial charge on any atom is -0.349 e. The average molecular weight is 460 g/mol. The fourth-order valence-electron chi connectivity index (χ4n) is 7.19. The third-order valence-corrected chi connectivity index (χ3v) is 8.30. The molecule has 5 heteroatoms. The van der Waals surface area contributed by atoms with Gasteiger partial charge in [0.2, 0.25) is 5.91 Å². The van der Waals surface area contributed by atoms with Crippen LogP contribution in [0.3, 0.4) is 0 Å². The number of nitrogens with one attached hydrogen (secondary N) is 2. The highest BCUT2D eigenvalue weighted by molar-refractivity contribution is 5.97. The van der Waals surface area contributed by atoms with Crippen LogP contribution in [0.1, 0.15) is 80.4 Å². The van der Waals surface area contributed by atoms with E-state index >= 15 is 0 Å². The summed E-state index contributed by atoms with van der Waals surface area (Å²) < 4.78 is 0. The summed E-state index contributed by atoms with van der Waals surface area (Å²) in [6, 6.07) is 13.3. The lowest BCUT2D eigenvalue weighted by Gasteiger charge is -2.57. The van der Waals surface area contributed by atoms with Crippen molar-refractivity contribution in [3.63, 3.8) is 0 Å². The highest BCUT2D eigenvalue weighted by Crippen LogP contribution is 2.60. The van der Waals surface area contributed by atoms with Crippen LogP contribution in [-0.4, -0.2) is 22.8 Å². The van der Waals surface area contributed by atoms with E-state index in [0.717, 1.165) is 23.4 Å². The number of hydrogen-bond acceptors (Lipinski definition) is 3. The Labute approximate surface area is 203 Å². The van der Waals surface area contributed by atoms with Crippen LogP contribution in [-0.2, 0) is 16.8 Å². The molecule has 180 valence electrons. The highest BCUT2D eigenvalue weighted by Gasteiger charge is 2.51. The van der Waals surface area contributed by atoms with Gasteiger partial charge in [-0.05, 0) is 104 Å². The van der Waals surface area contributed by atoms with Crippen molar-refractivity contribution in [2.75, 3.05) is 0 Å². The standard InChI is InChI=1S/C29H37N3O2/c1-19(2)11-26(28(34)31-18-25-5-3-4-10-30-25)32-27(33)23-6-8-24(9-7-23)29-15-20-12-21(16-29)14-22(13-20)17-29/h3-10,19-22,26H,11-18H2,1-2H3,(H,31,34)(H,32,33)/t20?,21?,22?,26-,29?/m1/s1. The maximum atomic E-state index is 13.1. The van der Waals surface area contributed by atoms with Crippen LogP contribution >= 0.6 is 0 Å². The zero-order valence-electron chi connectivity index (χ0n) is 20.4. The molecule has 1 aromatic heterocycles. The molecule has 0 saturated heterocycles. The summed E-state index contributed by atoms with van der Waals surface area (Å²) in [6.07, 6.45) is 10.5. The lowest BCUT2D eigenvalue weighted by molar-refractivity contribution is -0.123. The molecule has 2 N–H and O–H groups in total. The van der Waals surface area contributed by atoms with Crippen LogP contribution in [0, 0.1) is 23.7 Å². The Morgan fingerprint density at radius 1 is 0.971 bits per heavy atom. The first-order valence-electron chi connectivity index (χ1n) is 13.0. The number of carbonyl (C=O) groups is 2. The van der Waals surface area contributed by atoms with Crippen molar-refractivity contribution in [2.45, 2.75) is 76.8 Å². The zero-order valence-corrected chi connectivity index (χ0v) is 20.4. The molecule has 1 heterocycles. The molecular formula is C29H37N3O2. The molecule has 0 unspecified atom stereocenters. The summed E-state index contributed by atoms with van der Waals surface area (Å²) in [7, 11) is 0. The summed E-state index contributed by atoms with van der Waals surface area (Å²) in [6.45, 7) is 4.47. The van der Waals surface area contributed by atoms with Gasteiger partial charge in [-0.15, -0.1) is 0 Å². The minimum absolute atomic E-state index is 0.169. The van der Waals surface area contributed by atoms with Crippen LogP contribution in [0.4, 0.5) is 0 Å². The lowest BCUT2D eigenvalue weighted by Crippen LogP contribution is -2.48. The number of aromatic nitrogens is 1. The molecule has 4 fully saturated rings. The van der Waals surface area contributed by atoms with Gasteiger partial charge in [0, 0.05) is 11.8 Å². The SMILES string of the molecule is CC(C)C[C@@H](NC(=O)c1ccc(C23CC4CC(CC(C4)C2)C3)cc1)C(=O)NCc1ccccn1. The summed E-state index contributed by atoms with van der Waals surface area (Å²) in [5.74, 6) is 2.62. The molecular weight excluding hydrogens is 422 g/mol. The van der Waals surface area contributed by atoms with E-state index in [1.807, 2.05) is 30.3 Å². The van der Waals surface area contributed by atoms with Crippen molar-refractivity contribution in [1.82, 2.24) is 15.6 Å². The monoisotopic (exact) mass is 459 g/mol. The summed E-state index contributed by atoms with van der Waals surface area (Å²) in [4.78, 5) is 30.2. The highest BCUT2D eigenvalue weighted by atomic mass is 16.2. The predicted molar refractivity (Wildman–Crippen MR) is 133 cm³/mol. The molecule has 4 aliphatic carbocycles. The number of carbonyl (C=O) groups excluding carboxylic acids is 2. The average Bonchev–Trinajstić information content (AvgIpc) is 2.82. The van der Waals surface area contributed by atoms with Crippen LogP contribution in [0.15, 0.2) is 48.7 Å². The second-order valence-electron chi connectivity index (χ2n) is 11.5. The van der Waals surface area contributed by atoms with Crippen molar-refractivity contribution >= 4 is 11.8 Å². The van der Waals surface area contributed by atoms with E-state index in [1.165, 1.54) is 44.1 Å². The van der Waals surface area contributed by atoms with Gasteiger partial charge < -0.3 is 10.6 Å². The van der Waals surface area contributed by atoms with Crippen molar-refractivity contribution in [2.24, 2.45) is 23.7 Å². The third kappa shape index (κ3) is 4.89. The van der Waals surface area contributed by atoms with E-state index in [0.29, 0.717) is 23.9 Å². The Hall–Kier alpha value is -2.69. The molecule has 2 aromatic rings. The molecule has 5 nitrogen and oxygen atoms in total. The van der Waals surface area contributed by atoms with E-state index in [4.69, 9.17) is 0 Å². The number of benzene rings is 1. The van der Waals surface area contributed by atoms with Crippen LogP contribution in [0.2, 0.25) is 0 Å². The number of pyridine rings is 1. The minimum atomic E-state index is -0.570. The van der Waals surface area contributed by atoms with Gasteiger partial charge in [0.05, 0.1) is 12.2 Å². The van der Waals surface area contributed by atoms with E-state index in [1.54, 1.807) is 6.20 Å². The summed E-state index contributed by atoms with van der Waals surface area (Å²) in [5, 5.41) is 5.91. The Morgan fingerprint density at radius 3 is 2.18 bits per heavy atom. The van der Waals surface area contributed by atoms with Gasteiger partial charge in [0.25, 0.3) is 5.91 Å². The van der Waals surface area contributed by atoms with Gasteiger partial charge in [0.1, 0.15) is 6.04 Å². The Kier molecular flexibility index (Phi) is 6.46. The van der Waals surface area contributed by atoms with Gasteiger partial charge in [-0.25, -0.2) is 0 Å². The van der Waals surface area contributed by atoms with Gasteiger partial charge in [-0.1, -0.05) is 32.0 Å². The topological polar surface area (TPSA) is 71.1 Å². The van der Waals surface area contributed by atoms with Crippen molar-refractivity contribution in [3.8, 4) is 0 Å². The summed E-state index contributed by atoms with van der Waals surface area (Å²) >= 11 is 0. The maximum absolute atomic E-state index is 13.1. The Bertz CT molecular complexity index is 980. The molecule has 0 spiro atoms. The molecule has 4 saturated carbocycles. The van der Waals surface area contributed by atoms with Crippen molar-refractivity contribution in [1.29, 1.82) is 0 Å². The molecule has 0 radical (unpaired) electrons. The van der Waals surface area contributed by atoms with E-state index < -0.39 is 6.04 Å². The zero-order chi connectivity index (χ0) is 23.7. The number of hydrogen-bond donors (Lipinski definition) is 2. The first-order valence-corrected chi connectivity index (χ1v) is 13.0. The van der Waals surface area contributed by atoms with Gasteiger partial charge in [0.15, 0.2) is 0 Å². The molecule has 4 aliphatic rings. The van der Waals surface area contributed by atoms with Crippen LogP contribution in [0.25, 0.3) is 0 Å². The number of rotatable bonds is 8. The molecule has 2 amide bonds. The first kappa shape index (κ1) is 23.1. The Balaban J connectivity index is 1.24. The van der Waals surface area contributed by atoms with Crippen molar-refractivity contribution in [3.05, 3.63) is 65.5 Å². The lowest BCUT2D eigenvalue weighted by atomic mass is 9.48. The fourth-order valence-corrected chi connectivity index (χ4v) is 7.19. The molecule has 6 rings (SSSR count). The molecule has 0 aliphatic heterocycles. The quantitative estimate of drug-likeness (QED) is 0.583. The molecule has 1 atom stereocenters. The predicted octanol–water partition coefficient (Wildman–Crippen LogP) is 5.01. The number of amides is 2. The number of nitrogens with zero attached hydrogens (tertiary/aromatic N) is 1. The normalized spacial score (nSPS) is 28.0. The fraction of sp³-hybridized carbons (Fsp3) is 0.552. The van der Waals surface area contributed by atoms with E-state index in [2.05, 4.69) is 41.6 Å². The van der Waals surface area contributed by atoms with Crippen molar-refractivity contribution < 1.29 is 9.59 Å². The third-order valence-electron chi connectivity index (χ3n) is 8.30. The second kappa shape index (κ2) is 9.52.